The molecule has 0 atom stereocenters. The largest absolute Gasteiger partial charge is 0.382 e. The molecule has 3 heterocycles. The zero-order valence-corrected chi connectivity index (χ0v) is 17.9. The van der Waals surface area contributed by atoms with E-state index in [2.05, 4.69) is 9.55 Å². The van der Waals surface area contributed by atoms with Crippen molar-refractivity contribution in [2.75, 3.05) is 13.2 Å². The number of hydrogen-bond acceptors (Lipinski definition) is 4. The zero-order valence-electron chi connectivity index (χ0n) is 17.9. The molecule has 4 aromatic rings. The fourth-order valence-corrected chi connectivity index (χ4v) is 3.90. The predicted octanol–water partition coefficient (Wildman–Crippen LogP) is 2.24. The number of aromatic nitrogens is 5. The van der Waals surface area contributed by atoms with Gasteiger partial charge in [0, 0.05) is 38.7 Å². The summed E-state index contributed by atoms with van der Waals surface area (Å²) in [6, 6.07) is 7.78. The third kappa shape index (κ3) is 3.27. The van der Waals surface area contributed by atoms with Gasteiger partial charge in [-0.2, -0.15) is 4.98 Å². The molecule has 4 rings (SSSR count). The van der Waals surface area contributed by atoms with Gasteiger partial charge in [-0.3, -0.25) is 18.3 Å². The van der Waals surface area contributed by atoms with E-state index in [1.165, 1.54) is 9.13 Å². The van der Waals surface area contributed by atoms with Crippen molar-refractivity contribution >= 4 is 16.9 Å². The summed E-state index contributed by atoms with van der Waals surface area (Å²) < 4.78 is 12.1. The molecule has 0 saturated heterocycles. The first-order valence-corrected chi connectivity index (χ1v) is 10.2. The number of aryl methyl sites for hydroxylation is 4. The molecule has 0 radical (unpaired) electrons. The smallest absolute Gasteiger partial charge is 0.332 e. The standard InChI is InChI=1S/C22H27N5O3/c1-5-30-12-8-11-25-16(3)13-26-18-19(23-21(25)26)24(4)22(29)27(20(18)28)14-17-10-7-6-9-15(17)2/h6-7,9-10,13H,5,8,11-12,14H2,1-4H3. The summed E-state index contributed by atoms with van der Waals surface area (Å²) in [7, 11) is 1.66. The Morgan fingerprint density at radius 3 is 2.60 bits per heavy atom. The molecular weight excluding hydrogens is 382 g/mol. The van der Waals surface area contributed by atoms with Crippen LogP contribution in [0.2, 0.25) is 0 Å². The van der Waals surface area contributed by atoms with E-state index in [9.17, 15) is 9.59 Å². The van der Waals surface area contributed by atoms with Gasteiger partial charge in [-0.25, -0.2) is 4.79 Å². The van der Waals surface area contributed by atoms with Crippen molar-refractivity contribution in [2.24, 2.45) is 7.05 Å². The Kier molecular flexibility index (Phi) is 5.34. The van der Waals surface area contributed by atoms with Crippen LogP contribution in [-0.2, 0) is 24.9 Å². The molecule has 0 fully saturated rings. The molecule has 30 heavy (non-hydrogen) atoms. The Morgan fingerprint density at radius 2 is 1.87 bits per heavy atom. The maximum atomic E-state index is 13.4. The summed E-state index contributed by atoms with van der Waals surface area (Å²) >= 11 is 0. The van der Waals surface area contributed by atoms with E-state index < -0.39 is 0 Å². The number of fused-ring (bicyclic) bond motifs is 3. The Balaban J connectivity index is 1.87. The minimum atomic E-state index is -0.365. The molecule has 158 valence electrons. The molecule has 3 aromatic heterocycles. The number of benzene rings is 1. The highest BCUT2D eigenvalue weighted by Crippen LogP contribution is 2.17. The normalized spacial score (nSPS) is 11.7. The second kappa shape index (κ2) is 7.95. The Morgan fingerprint density at radius 1 is 1.10 bits per heavy atom. The van der Waals surface area contributed by atoms with Crippen molar-refractivity contribution in [2.45, 2.75) is 40.3 Å². The second-order valence-corrected chi connectivity index (χ2v) is 7.59. The second-order valence-electron chi connectivity index (χ2n) is 7.59. The van der Waals surface area contributed by atoms with Gasteiger partial charge in [-0.15, -0.1) is 0 Å². The fraction of sp³-hybridized carbons (Fsp3) is 0.409. The van der Waals surface area contributed by atoms with Crippen LogP contribution in [0.5, 0.6) is 0 Å². The first kappa shape index (κ1) is 20.2. The van der Waals surface area contributed by atoms with Crippen molar-refractivity contribution < 1.29 is 4.74 Å². The molecule has 0 aliphatic carbocycles. The SMILES string of the molecule is CCOCCCn1c(C)cn2c3c(=O)n(Cc4ccccc4C)c(=O)n(C)c3nc12. The molecule has 0 unspecified atom stereocenters. The number of rotatable bonds is 7. The minimum absolute atomic E-state index is 0.232. The fourth-order valence-electron chi connectivity index (χ4n) is 3.90. The van der Waals surface area contributed by atoms with Crippen LogP contribution < -0.4 is 11.2 Å². The summed E-state index contributed by atoms with van der Waals surface area (Å²) in [4.78, 5) is 31.0. The molecule has 0 saturated carbocycles. The summed E-state index contributed by atoms with van der Waals surface area (Å²) in [5.41, 5.74) is 3.13. The van der Waals surface area contributed by atoms with Crippen LogP contribution in [0.1, 0.15) is 30.2 Å². The Hall–Kier alpha value is -3.13. The average Bonchev–Trinajstić information content (AvgIpc) is 3.23. The third-order valence-electron chi connectivity index (χ3n) is 5.60. The number of nitrogens with zero attached hydrogens (tertiary/aromatic N) is 5. The van der Waals surface area contributed by atoms with Crippen molar-refractivity contribution in [3.8, 4) is 0 Å². The van der Waals surface area contributed by atoms with E-state index >= 15 is 0 Å². The van der Waals surface area contributed by atoms with E-state index in [4.69, 9.17) is 4.74 Å². The van der Waals surface area contributed by atoms with Crippen molar-refractivity contribution in [3.05, 3.63) is 68.1 Å². The lowest BCUT2D eigenvalue weighted by Crippen LogP contribution is -2.39. The molecule has 8 nitrogen and oxygen atoms in total. The highest BCUT2D eigenvalue weighted by atomic mass is 16.5. The van der Waals surface area contributed by atoms with Gasteiger partial charge in [0.25, 0.3) is 5.56 Å². The molecule has 8 heteroatoms. The molecule has 0 spiro atoms. The molecule has 0 aliphatic rings. The summed E-state index contributed by atoms with van der Waals surface area (Å²) in [6.45, 7) is 8.27. The highest BCUT2D eigenvalue weighted by Gasteiger charge is 2.20. The molecule has 0 N–H and O–H groups in total. The lowest BCUT2D eigenvalue weighted by molar-refractivity contribution is 0.142. The van der Waals surface area contributed by atoms with Gasteiger partial charge in [0.2, 0.25) is 5.78 Å². The van der Waals surface area contributed by atoms with E-state index in [0.29, 0.717) is 30.2 Å². The van der Waals surface area contributed by atoms with Gasteiger partial charge in [0.1, 0.15) is 0 Å². The van der Waals surface area contributed by atoms with Crippen LogP contribution in [0.3, 0.4) is 0 Å². The molecular formula is C22H27N5O3. The summed E-state index contributed by atoms with van der Waals surface area (Å²) in [5.74, 6) is 0.666. The highest BCUT2D eigenvalue weighted by molar-refractivity contribution is 5.75. The van der Waals surface area contributed by atoms with Crippen LogP contribution in [0, 0.1) is 13.8 Å². The Bertz CT molecular complexity index is 1340. The van der Waals surface area contributed by atoms with E-state index in [1.54, 1.807) is 7.05 Å². The van der Waals surface area contributed by atoms with E-state index in [1.807, 2.05) is 55.6 Å². The average molecular weight is 409 g/mol. The van der Waals surface area contributed by atoms with Gasteiger partial charge < -0.3 is 9.30 Å². The van der Waals surface area contributed by atoms with Crippen LogP contribution in [-0.4, -0.2) is 36.3 Å². The van der Waals surface area contributed by atoms with E-state index in [-0.39, 0.29) is 17.8 Å². The first-order valence-electron chi connectivity index (χ1n) is 10.2. The van der Waals surface area contributed by atoms with Crippen LogP contribution in [0.4, 0.5) is 0 Å². The minimum Gasteiger partial charge on any atom is -0.382 e. The van der Waals surface area contributed by atoms with Gasteiger partial charge >= 0.3 is 5.69 Å². The predicted molar refractivity (Wildman–Crippen MR) is 116 cm³/mol. The van der Waals surface area contributed by atoms with Crippen LogP contribution in [0.15, 0.2) is 40.1 Å². The zero-order chi connectivity index (χ0) is 21.4. The maximum absolute atomic E-state index is 13.4. The topological polar surface area (TPSA) is 75.5 Å². The first-order chi connectivity index (χ1) is 14.4. The van der Waals surface area contributed by atoms with Gasteiger partial charge in [0.15, 0.2) is 11.2 Å². The molecule has 0 bridgehead atoms. The third-order valence-corrected chi connectivity index (χ3v) is 5.60. The number of imidazole rings is 2. The monoisotopic (exact) mass is 409 g/mol. The molecule has 0 aliphatic heterocycles. The molecule has 1 aromatic carbocycles. The van der Waals surface area contributed by atoms with Crippen molar-refractivity contribution in [1.82, 2.24) is 23.1 Å². The van der Waals surface area contributed by atoms with Crippen molar-refractivity contribution in [1.29, 1.82) is 0 Å². The van der Waals surface area contributed by atoms with Crippen LogP contribution in [0.25, 0.3) is 16.9 Å². The Labute approximate surface area is 174 Å². The number of ether oxygens (including phenoxy) is 1. The van der Waals surface area contributed by atoms with Crippen LogP contribution >= 0.6 is 0 Å². The summed E-state index contributed by atoms with van der Waals surface area (Å²) in [6.07, 6.45) is 2.76. The summed E-state index contributed by atoms with van der Waals surface area (Å²) in [5, 5.41) is 0. The van der Waals surface area contributed by atoms with Gasteiger partial charge in [-0.05, 0) is 38.3 Å². The lowest BCUT2D eigenvalue weighted by atomic mass is 10.1. The lowest BCUT2D eigenvalue weighted by Gasteiger charge is -2.10. The van der Waals surface area contributed by atoms with Crippen molar-refractivity contribution in [3.63, 3.8) is 0 Å². The number of hydrogen-bond donors (Lipinski definition) is 0. The van der Waals surface area contributed by atoms with Gasteiger partial charge in [0.05, 0.1) is 6.54 Å². The van der Waals surface area contributed by atoms with Gasteiger partial charge in [-0.1, -0.05) is 24.3 Å². The molecule has 0 amide bonds. The van der Waals surface area contributed by atoms with E-state index in [0.717, 1.165) is 29.8 Å². The quantitative estimate of drug-likeness (QED) is 0.439. The maximum Gasteiger partial charge on any atom is 0.332 e.